The average molecular weight is 179 g/mol. The van der Waals surface area contributed by atoms with E-state index in [1.54, 1.807) is 6.92 Å². The lowest BCUT2D eigenvalue weighted by atomic mass is 10.1. The number of nitrogens with zero attached hydrogens (tertiary/aromatic N) is 1. The average Bonchev–Trinajstić information content (AvgIpc) is 2.19. The van der Waals surface area contributed by atoms with Gasteiger partial charge >= 0.3 is 0 Å². The molecule has 70 valence electrons. The number of hydrogen-bond donors (Lipinski definition) is 0. The Balaban J connectivity index is 2.75. The summed E-state index contributed by atoms with van der Waals surface area (Å²) in [7, 11) is 0. The molecule has 0 amide bonds. The van der Waals surface area contributed by atoms with Gasteiger partial charge in [0.25, 0.3) is 0 Å². The molecule has 1 aromatic rings. The molecule has 0 fully saturated rings. The van der Waals surface area contributed by atoms with E-state index >= 15 is 0 Å². The van der Waals surface area contributed by atoms with Crippen molar-refractivity contribution in [3.05, 3.63) is 35.9 Å². The highest BCUT2D eigenvalue weighted by Crippen LogP contribution is 2.15. The maximum atomic E-state index is 12.1. The number of hydrogen-bond acceptors (Lipinski definition) is 1. The molecular formula is C11H14FN. The molecule has 0 heterocycles. The van der Waals surface area contributed by atoms with Crippen molar-refractivity contribution in [3.63, 3.8) is 0 Å². The normalized spacial score (nSPS) is 14.2. The van der Waals surface area contributed by atoms with Gasteiger partial charge in [-0.25, -0.2) is 4.39 Å². The second kappa shape index (κ2) is 4.75. The summed E-state index contributed by atoms with van der Waals surface area (Å²) >= 11 is 0. The molecule has 1 rings (SSSR count). The summed E-state index contributed by atoms with van der Waals surface area (Å²) in [4.78, 5) is 4.21. The van der Waals surface area contributed by atoms with Crippen molar-refractivity contribution in [2.75, 3.05) is 6.67 Å². The molecule has 1 nitrogen and oxygen atoms in total. The predicted octanol–water partition coefficient (Wildman–Crippen LogP) is 3.18. The minimum absolute atomic E-state index is 0.0527. The van der Waals surface area contributed by atoms with Crippen molar-refractivity contribution in [1.82, 2.24) is 0 Å². The van der Waals surface area contributed by atoms with Crippen LogP contribution in [-0.4, -0.2) is 12.4 Å². The third kappa shape index (κ3) is 2.98. The van der Waals surface area contributed by atoms with E-state index in [0.29, 0.717) is 5.71 Å². The molecule has 0 saturated heterocycles. The van der Waals surface area contributed by atoms with Crippen molar-refractivity contribution < 1.29 is 4.39 Å². The van der Waals surface area contributed by atoms with E-state index in [9.17, 15) is 4.39 Å². The van der Waals surface area contributed by atoms with Gasteiger partial charge in [-0.1, -0.05) is 30.3 Å². The molecule has 2 heteroatoms. The van der Waals surface area contributed by atoms with Gasteiger partial charge < -0.3 is 0 Å². The summed E-state index contributed by atoms with van der Waals surface area (Å²) in [5.74, 6) is 0. The third-order valence-corrected chi connectivity index (χ3v) is 1.89. The Hall–Kier alpha value is -1.18. The van der Waals surface area contributed by atoms with Crippen molar-refractivity contribution in [2.45, 2.75) is 19.9 Å². The standard InChI is InChI=1S/C11H14FN/c1-9(8-12)13-10(2)11-6-4-3-5-7-11/h3-7,10H,8H2,1-2H3/t10-/m0/s1. The molecule has 0 bridgehead atoms. The molecule has 1 atom stereocenters. The first-order chi connectivity index (χ1) is 6.24. The van der Waals surface area contributed by atoms with Crippen LogP contribution in [0, 0.1) is 0 Å². The van der Waals surface area contributed by atoms with Crippen LogP contribution in [0.5, 0.6) is 0 Å². The van der Waals surface area contributed by atoms with Crippen LogP contribution in [0.15, 0.2) is 35.3 Å². The second-order valence-corrected chi connectivity index (χ2v) is 3.08. The highest BCUT2D eigenvalue weighted by Gasteiger charge is 2.01. The number of aliphatic imine (C=N–C) groups is 1. The van der Waals surface area contributed by atoms with Gasteiger partial charge in [-0.3, -0.25) is 4.99 Å². The predicted molar refractivity (Wildman–Crippen MR) is 53.9 cm³/mol. The lowest BCUT2D eigenvalue weighted by molar-refractivity contribution is 0.576. The van der Waals surface area contributed by atoms with Crippen molar-refractivity contribution in [3.8, 4) is 0 Å². The fourth-order valence-corrected chi connectivity index (χ4v) is 1.17. The van der Waals surface area contributed by atoms with E-state index in [-0.39, 0.29) is 6.04 Å². The highest BCUT2D eigenvalue weighted by molar-refractivity contribution is 5.83. The van der Waals surface area contributed by atoms with E-state index < -0.39 is 6.67 Å². The van der Waals surface area contributed by atoms with Crippen molar-refractivity contribution in [2.24, 2.45) is 4.99 Å². The Kier molecular flexibility index (Phi) is 3.62. The SMILES string of the molecule is CC(CF)=N[C@@H](C)c1ccccc1. The van der Waals surface area contributed by atoms with Crippen LogP contribution in [0.1, 0.15) is 25.5 Å². The molecule has 0 aromatic heterocycles. The van der Waals surface area contributed by atoms with Crippen molar-refractivity contribution in [1.29, 1.82) is 0 Å². The van der Waals surface area contributed by atoms with Gasteiger partial charge in [-0.15, -0.1) is 0 Å². The maximum Gasteiger partial charge on any atom is 0.127 e. The van der Waals surface area contributed by atoms with Crippen LogP contribution in [0.4, 0.5) is 4.39 Å². The van der Waals surface area contributed by atoms with Crippen LogP contribution in [0.25, 0.3) is 0 Å². The van der Waals surface area contributed by atoms with E-state index in [0.717, 1.165) is 5.56 Å². The monoisotopic (exact) mass is 179 g/mol. The van der Waals surface area contributed by atoms with Gasteiger partial charge in [0, 0.05) is 5.71 Å². The Morgan fingerprint density at radius 1 is 1.38 bits per heavy atom. The lowest BCUT2D eigenvalue weighted by Crippen LogP contribution is -1.98. The van der Waals surface area contributed by atoms with Crippen LogP contribution >= 0.6 is 0 Å². The summed E-state index contributed by atoms with van der Waals surface area (Å²) in [5, 5.41) is 0. The minimum Gasteiger partial charge on any atom is -0.284 e. The zero-order valence-corrected chi connectivity index (χ0v) is 8.00. The van der Waals surface area contributed by atoms with Crippen LogP contribution < -0.4 is 0 Å². The van der Waals surface area contributed by atoms with Gasteiger partial charge in [0.1, 0.15) is 6.67 Å². The zero-order chi connectivity index (χ0) is 9.68. The van der Waals surface area contributed by atoms with Gasteiger partial charge in [-0.05, 0) is 19.4 Å². The number of rotatable bonds is 3. The molecule has 0 N–H and O–H groups in total. The van der Waals surface area contributed by atoms with Crippen LogP contribution in [-0.2, 0) is 0 Å². The summed E-state index contributed by atoms with van der Waals surface area (Å²) in [6.07, 6.45) is 0. The zero-order valence-electron chi connectivity index (χ0n) is 8.00. The van der Waals surface area contributed by atoms with Crippen molar-refractivity contribution >= 4 is 5.71 Å². The van der Waals surface area contributed by atoms with Gasteiger partial charge in [0.2, 0.25) is 0 Å². The first-order valence-corrected chi connectivity index (χ1v) is 4.38. The fourth-order valence-electron chi connectivity index (χ4n) is 1.17. The molecule has 0 aliphatic carbocycles. The topological polar surface area (TPSA) is 12.4 Å². The van der Waals surface area contributed by atoms with Gasteiger partial charge in [0.15, 0.2) is 0 Å². The van der Waals surface area contributed by atoms with E-state index in [4.69, 9.17) is 0 Å². The Morgan fingerprint density at radius 2 is 2.00 bits per heavy atom. The summed E-state index contributed by atoms with van der Waals surface area (Å²) in [6, 6.07) is 9.94. The lowest BCUT2D eigenvalue weighted by Gasteiger charge is -2.06. The molecular weight excluding hydrogens is 165 g/mol. The smallest absolute Gasteiger partial charge is 0.127 e. The molecule has 0 aliphatic rings. The second-order valence-electron chi connectivity index (χ2n) is 3.08. The van der Waals surface area contributed by atoms with Crippen LogP contribution in [0.3, 0.4) is 0 Å². The summed E-state index contributed by atoms with van der Waals surface area (Å²) in [5.41, 5.74) is 1.67. The number of halogens is 1. The number of alkyl halides is 1. The largest absolute Gasteiger partial charge is 0.284 e. The number of benzene rings is 1. The Morgan fingerprint density at radius 3 is 2.54 bits per heavy atom. The molecule has 0 unspecified atom stereocenters. The molecule has 1 aromatic carbocycles. The summed E-state index contributed by atoms with van der Waals surface area (Å²) < 4.78 is 12.1. The Labute approximate surface area is 78.3 Å². The molecule has 0 aliphatic heterocycles. The highest BCUT2D eigenvalue weighted by atomic mass is 19.1. The van der Waals surface area contributed by atoms with E-state index in [1.165, 1.54) is 0 Å². The third-order valence-electron chi connectivity index (χ3n) is 1.89. The summed E-state index contributed by atoms with van der Waals surface area (Å²) in [6.45, 7) is 3.21. The molecule has 0 saturated carbocycles. The minimum atomic E-state index is -0.461. The molecule has 13 heavy (non-hydrogen) atoms. The van der Waals surface area contributed by atoms with E-state index in [2.05, 4.69) is 4.99 Å². The maximum absolute atomic E-state index is 12.1. The van der Waals surface area contributed by atoms with Gasteiger partial charge in [-0.2, -0.15) is 0 Å². The van der Waals surface area contributed by atoms with Gasteiger partial charge in [0.05, 0.1) is 6.04 Å². The van der Waals surface area contributed by atoms with E-state index in [1.807, 2.05) is 37.3 Å². The molecule has 0 radical (unpaired) electrons. The quantitative estimate of drug-likeness (QED) is 0.632. The Bertz CT molecular complexity index is 279. The van der Waals surface area contributed by atoms with Crippen LogP contribution in [0.2, 0.25) is 0 Å². The molecule has 0 spiro atoms. The first kappa shape index (κ1) is 9.90. The fraction of sp³-hybridized carbons (Fsp3) is 0.364. The first-order valence-electron chi connectivity index (χ1n) is 4.38.